The molecule has 194 valence electrons. The van der Waals surface area contributed by atoms with Gasteiger partial charge in [0.2, 0.25) is 5.95 Å². The van der Waals surface area contributed by atoms with Crippen molar-refractivity contribution >= 4 is 46.0 Å². The van der Waals surface area contributed by atoms with Gasteiger partial charge < -0.3 is 20.0 Å². The number of rotatable bonds is 9. The number of hydrogen-bond acceptors (Lipinski definition) is 10. The Kier molecular flexibility index (Phi) is 7.17. The van der Waals surface area contributed by atoms with Gasteiger partial charge in [-0.1, -0.05) is 17.4 Å². The summed E-state index contributed by atoms with van der Waals surface area (Å²) in [5.74, 6) is 0.761. The first kappa shape index (κ1) is 24.9. The standard InChI is InChI=1S/C25H29N7O4S/c1-15-20(23(35)36)37-25(27-15)30-24-28-21(31-10-6-16(7-11-31)4-5-19(33)34)18-8-12-32(22(18)29-24)14-17-3-2-9-26-13-17/h2-3,9,13,16H,4-8,10-12,14H2,1H3,(H,33,34)(H,35,36)(H,27,28,29,30). The molecule has 5 rings (SSSR count). The van der Waals surface area contributed by atoms with Crippen LogP contribution in [0, 0.1) is 12.8 Å². The Balaban J connectivity index is 1.43. The van der Waals surface area contributed by atoms with Gasteiger partial charge in [-0.3, -0.25) is 15.1 Å². The zero-order chi connectivity index (χ0) is 25.9. The quantitative estimate of drug-likeness (QED) is 0.377. The number of thiazole rings is 1. The Hall–Kier alpha value is -3.80. The molecule has 2 aliphatic heterocycles. The summed E-state index contributed by atoms with van der Waals surface area (Å²) < 4.78 is 0. The summed E-state index contributed by atoms with van der Waals surface area (Å²) in [4.78, 5) is 45.5. The maximum Gasteiger partial charge on any atom is 0.347 e. The monoisotopic (exact) mass is 523 g/mol. The van der Waals surface area contributed by atoms with Crippen LogP contribution in [0.3, 0.4) is 0 Å². The molecule has 37 heavy (non-hydrogen) atoms. The van der Waals surface area contributed by atoms with E-state index < -0.39 is 11.9 Å². The van der Waals surface area contributed by atoms with Gasteiger partial charge in [0.1, 0.15) is 16.5 Å². The molecule has 1 saturated heterocycles. The smallest absolute Gasteiger partial charge is 0.347 e. The fourth-order valence-corrected chi connectivity index (χ4v) is 5.79. The summed E-state index contributed by atoms with van der Waals surface area (Å²) in [5.41, 5.74) is 2.63. The van der Waals surface area contributed by atoms with Crippen LogP contribution < -0.4 is 15.1 Å². The SMILES string of the molecule is Cc1nc(Nc2nc(N3CCC(CCC(=O)O)CC3)c3c(n2)N(Cc2cccnc2)CC3)sc1C(=O)O. The second kappa shape index (κ2) is 10.7. The summed E-state index contributed by atoms with van der Waals surface area (Å²) >= 11 is 1.06. The van der Waals surface area contributed by atoms with Gasteiger partial charge in [-0.05, 0) is 50.2 Å². The van der Waals surface area contributed by atoms with Crippen molar-refractivity contribution in [2.24, 2.45) is 5.92 Å². The van der Waals surface area contributed by atoms with Gasteiger partial charge in [0.15, 0.2) is 5.13 Å². The molecule has 11 nitrogen and oxygen atoms in total. The fourth-order valence-electron chi connectivity index (χ4n) is 4.99. The molecule has 0 aromatic carbocycles. The maximum atomic E-state index is 11.5. The summed E-state index contributed by atoms with van der Waals surface area (Å²) in [5, 5.41) is 22.0. The summed E-state index contributed by atoms with van der Waals surface area (Å²) in [7, 11) is 0. The predicted octanol–water partition coefficient (Wildman–Crippen LogP) is 3.72. The van der Waals surface area contributed by atoms with Crippen molar-refractivity contribution in [3.8, 4) is 0 Å². The minimum absolute atomic E-state index is 0.186. The Labute approximate surface area is 218 Å². The maximum absolute atomic E-state index is 11.5. The van der Waals surface area contributed by atoms with Crippen molar-refractivity contribution in [1.29, 1.82) is 0 Å². The summed E-state index contributed by atoms with van der Waals surface area (Å²) in [6.45, 7) is 4.76. The number of aromatic carboxylic acids is 1. The molecule has 0 spiro atoms. The first-order valence-electron chi connectivity index (χ1n) is 12.4. The highest BCUT2D eigenvalue weighted by Crippen LogP contribution is 2.37. The molecule has 0 aliphatic carbocycles. The largest absolute Gasteiger partial charge is 0.481 e. The highest BCUT2D eigenvalue weighted by Gasteiger charge is 2.30. The lowest BCUT2D eigenvalue weighted by molar-refractivity contribution is -0.137. The number of nitrogens with zero attached hydrogens (tertiary/aromatic N) is 6. The van der Waals surface area contributed by atoms with E-state index in [2.05, 4.69) is 25.1 Å². The van der Waals surface area contributed by atoms with E-state index in [0.29, 0.717) is 35.7 Å². The Morgan fingerprint density at radius 1 is 1.14 bits per heavy atom. The molecule has 3 aromatic rings. The third-order valence-corrected chi connectivity index (χ3v) is 7.94. The van der Waals surface area contributed by atoms with Crippen molar-refractivity contribution in [2.45, 2.75) is 45.6 Å². The lowest BCUT2D eigenvalue weighted by Gasteiger charge is -2.34. The number of aliphatic carboxylic acids is 1. The summed E-state index contributed by atoms with van der Waals surface area (Å²) in [6, 6.07) is 3.96. The molecular formula is C25H29N7O4S. The molecule has 1 fully saturated rings. The minimum Gasteiger partial charge on any atom is -0.481 e. The van der Waals surface area contributed by atoms with Crippen LogP contribution in [-0.2, 0) is 17.8 Å². The summed E-state index contributed by atoms with van der Waals surface area (Å²) in [6.07, 6.45) is 7.17. The number of aromatic nitrogens is 4. The average Bonchev–Trinajstić information content (AvgIpc) is 3.46. The Morgan fingerprint density at radius 3 is 2.59 bits per heavy atom. The molecule has 0 amide bonds. The molecule has 5 heterocycles. The molecule has 0 atom stereocenters. The van der Waals surface area contributed by atoms with Crippen LogP contribution in [0.15, 0.2) is 24.5 Å². The van der Waals surface area contributed by atoms with Crippen LogP contribution in [0.5, 0.6) is 0 Å². The molecule has 3 aromatic heterocycles. The predicted molar refractivity (Wildman–Crippen MR) is 140 cm³/mol. The number of carboxylic acids is 2. The van der Waals surface area contributed by atoms with Gasteiger partial charge in [-0.25, -0.2) is 9.78 Å². The number of carboxylic acid groups (broad SMARTS) is 2. The Bertz CT molecular complexity index is 1290. The topological polar surface area (TPSA) is 145 Å². The molecule has 12 heteroatoms. The van der Waals surface area contributed by atoms with E-state index in [4.69, 9.17) is 15.1 Å². The second-order valence-electron chi connectivity index (χ2n) is 9.43. The van der Waals surface area contributed by atoms with Crippen LogP contribution in [0.25, 0.3) is 0 Å². The number of fused-ring (bicyclic) bond motifs is 1. The molecule has 0 radical (unpaired) electrons. The van der Waals surface area contributed by atoms with E-state index in [1.165, 1.54) is 0 Å². The second-order valence-corrected chi connectivity index (χ2v) is 10.4. The van der Waals surface area contributed by atoms with E-state index in [-0.39, 0.29) is 11.3 Å². The van der Waals surface area contributed by atoms with Crippen LogP contribution in [0.2, 0.25) is 0 Å². The van der Waals surface area contributed by atoms with Crippen LogP contribution in [0.1, 0.15) is 52.2 Å². The van der Waals surface area contributed by atoms with Crippen LogP contribution in [-0.4, -0.2) is 61.7 Å². The molecule has 3 N–H and O–H groups in total. The minimum atomic E-state index is -1.01. The van der Waals surface area contributed by atoms with E-state index in [0.717, 1.165) is 73.0 Å². The van der Waals surface area contributed by atoms with Crippen LogP contribution in [0.4, 0.5) is 22.7 Å². The van der Waals surface area contributed by atoms with Crippen molar-refractivity contribution in [3.63, 3.8) is 0 Å². The lowest BCUT2D eigenvalue weighted by atomic mass is 9.92. The van der Waals surface area contributed by atoms with Crippen molar-refractivity contribution in [2.75, 3.05) is 34.8 Å². The van der Waals surface area contributed by atoms with Crippen LogP contribution >= 0.6 is 11.3 Å². The average molecular weight is 524 g/mol. The van der Waals surface area contributed by atoms with Gasteiger partial charge in [-0.2, -0.15) is 9.97 Å². The molecule has 0 bridgehead atoms. The van der Waals surface area contributed by atoms with E-state index in [9.17, 15) is 14.7 Å². The normalized spacial score (nSPS) is 15.6. The first-order valence-corrected chi connectivity index (χ1v) is 13.2. The Morgan fingerprint density at radius 2 is 1.92 bits per heavy atom. The fraction of sp³-hybridized carbons (Fsp3) is 0.440. The molecular weight excluding hydrogens is 494 g/mol. The number of carbonyl (C=O) groups is 2. The molecule has 2 aliphatic rings. The number of hydrogen-bond donors (Lipinski definition) is 3. The van der Waals surface area contributed by atoms with E-state index >= 15 is 0 Å². The van der Waals surface area contributed by atoms with Crippen molar-refractivity contribution < 1.29 is 19.8 Å². The molecule has 0 unspecified atom stereocenters. The number of nitrogens with one attached hydrogen (secondary N) is 1. The zero-order valence-corrected chi connectivity index (χ0v) is 21.4. The van der Waals surface area contributed by atoms with Gasteiger partial charge in [0, 0.05) is 50.6 Å². The number of anilines is 4. The number of aryl methyl sites for hydroxylation is 1. The third kappa shape index (κ3) is 5.63. The van der Waals surface area contributed by atoms with Gasteiger partial charge in [0.25, 0.3) is 0 Å². The van der Waals surface area contributed by atoms with Gasteiger partial charge in [0.05, 0.1) is 5.69 Å². The van der Waals surface area contributed by atoms with E-state index in [1.807, 2.05) is 18.3 Å². The van der Waals surface area contributed by atoms with Gasteiger partial charge in [-0.15, -0.1) is 0 Å². The number of pyridine rings is 1. The van der Waals surface area contributed by atoms with Crippen molar-refractivity contribution in [1.82, 2.24) is 19.9 Å². The zero-order valence-electron chi connectivity index (χ0n) is 20.6. The molecule has 0 saturated carbocycles. The lowest BCUT2D eigenvalue weighted by Crippen LogP contribution is -2.35. The van der Waals surface area contributed by atoms with Gasteiger partial charge >= 0.3 is 11.9 Å². The number of piperidine rings is 1. The van der Waals surface area contributed by atoms with Crippen molar-refractivity contribution in [3.05, 3.63) is 46.2 Å². The highest BCUT2D eigenvalue weighted by molar-refractivity contribution is 7.17. The third-order valence-electron chi connectivity index (χ3n) is 6.88. The van der Waals surface area contributed by atoms with E-state index in [1.54, 1.807) is 13.1 Å². The highest BCUT2D eigenvalue weighted by atomic mass is 32.1. The first-order chi connectivity index (χ1) is 17.9.